The Bertz CT molecular complexity index is 1020. The molecular weight excluding hydrogens is 476 g/mol. The highest BCUT2D eigenvalue weighted by atomic mass is 79.9. The molecule has 3 N–H and O–H groups in total. The van der Waals surface area contributed by atoms with Gasteiger partial charge in [-0.05, 0) is 30.3 Å². The largest absolute Gasteiger partial charge is 0.507 e. The number of nitrogens with one attached hydrogen (secondary N) is 1. The Morgan fingerprint density at radius 2 is 1.86 bits per heavy atom. The zero-order valence-electron chi connectivity index (χ0n) is 14.4. The molecule has 1 aliphatic rings. The van der Waals surface area contributed by atoms with Crippen molar-refractivity contribution in [1.29, 1.82) is 0 Å². The van der Waals surface area contributed by atoms with E-state index in [2.05, 4.69) is 20.7 Å². The summed E-state index contributed by atoms with van der Waals surface area (Å²) in [5.74, 6) is -1.52. The van der Waals surface area contributed by atoms with E-state index in [9.17, 15) is 23.4 Å². The third-order valence-corrected chi connectivity index (χ3v) is 6.17. The number of hydrogen-bond donors (Lipinski definition) is 3. The molecule has 1 aliphatic heterocycles. The first kappa shape index (κ1) is 20.7. The molecule has 11 heteroatoms. The van der Waals surface area contributed by atoms with E-state index in [1.807, 2.05) is 0 Å². The van der Waals surface area contributed by atoms with Crippen LogP contribution in [0.25, 0.3) is 0 Å². The van der Waals surface area contributed by atoms with Gasteiger partial charge in [-0.15, -0.1) is 0 Å². The molecule has 2 aromatic carbocycles. The first-order valence-corrected chi connectivity index (χ1v) is 10.8. The molecule has 1 fully saturated rings. The number of ether oxygens (including phenoxy) is 1. The maximum atomic E-state index is 12.7. The Balaban J connectivity index is 1.97. The lowest BCUT2D eigenvalue weighted by Crippen LogP contribution is -2.40. The molecule has 0 atom stereocenters. The fraction of sp³-hybridized carbons (Fsp3) is 0.235. The lowest BCUT2D eigenvalue weighted by molar-refractivity contribution is 0.0301. The van der Waals surface area contributed by atoms with Crippen molar-refractivity contribution in [3.8, 4) is 11.5 Å². The van der Waals surface area contributed by atoms with E-state index in [4.69, 9.17) is 16.3 Å². The summed E-state index contributed by atoms with van der Waals surface area (Å²) in [7, 11) is -4.27. The average Bonchev–Trinajstić information content (AvgIpc) is 2.66. The second-order valence-corrected chi connectivity index (χ2v) is 8.97. The van der Waals surface area contributed by atoms with Crippen molar-refractivity contribution in [3.63, 3.8) is 0 Å². The predicted molar refractivity (Wildman–Crippen MR) is 106 cm³/mol. The van der Waals surface area contributed by atoms with Gasteiger partial charge in [-0.1, -0.05) is 27.5 Å². The van der Waals surface area contributed by atoms with Gasteiger partial charge < -0.3 is 19.8 Å². The highest BCUT2D eigenvalue weighted by Gasteiger charge is 2.26. The Hall–Kier alpha value is -2.01. The van der Waals surface area contributed by atoms with E-state index >= 15 is 0 Å². The molecule has 3 rings (SSSR count). The number of aromatic hydroxyl groups is 2. The number of rotatable bonds is 4. The number of anilines is 1. The molecule has 1 heterocycles. The van der Waals surface area contributed by atoms with Crippen LogP contribution in [0.5, 0.6) is 11.5 Å². The summed E-state index contributed by atoms with van der Waals surface area (Å²) < 4.78 is 33.1. The van der Waals surface area contributed by atoms with Crippen molar-refractivity contribution in [1.82, 2.24) is 4.90 Å². The van der Waals surface area contributed by atoms with Gasteiger partial charge in [0.05, 0.1) is 24.5 Å². The minimum Gasteiger partial charge on any atom is -0.507 e. The zero-order valence-corrected chi connectivity index (χ0v) is 17.5. The molecule has 0 spiro atoms. The van der Waals surface area contributed by atoms with Gasteiger partial charge in [0.25, 0.3) is 15.9 Å². The SMILES string of the molecule is O=C(c1cc(Cl)cc(NS(=O)(=O)c2cc(Br)ccc2O)c1O)N1CCOCC1. The molecular formula is C17H16BrClN2O6S. The Morgan fingerprint density at radius 3 is 2.54 bits per heavy atom. The summed E-state index contributed by atoms with van der Waals surface area (Å²) in [5.41, 5.74) is -0.408. The van der Waals surface area contributed by atoms with Crippen LogP contribution in [-0.2, 0) is 14.8 Å². The third-order valence-electron chi connectivity index (χ3n) is 4.06. The van der Waals surface area contributed by atoms with E-state index in [-0.39, 0.29) is 16.3 Å². The van der Waals surface area contributed by atoms with Crippen molar-refractivity contribution >= 4 is 49.1 Å². The summed E-state index contributed by atoms with van der Waals surface area (Å²) in [6.07, 6.45) is 0. The lowest BCUT2D eigenvalue weighted by atomic mass is 10.1. The van der Waals surface area contributed by atoms with Gasteiger partial charge in [-0.25, -0.2) is 8.42 Å². The third kappa shape index (κ3) is 4.35. The van der Waals surface area contributed by atoms with Crippen molar-refractivity contribution in [3.05, 3.63) is 45.4 Å². The maximum Gasteiger partial charge on any atom is 0.265 e. The normalized spacial score (nSPS) is 14.7. The molecule has 0 bridgehead atoms. The van der Waals surface area contributed by atoms with E-state index in [1.54, 1.807) is 0 Å². The Kier molecular flexibility index (Phi) is 6.04. The number of carbonyl (C=O) groups is 1. The van der Waals surface area contributed by atoms with Crippen LogP contribution in [0.4, 0.5) is 5.69 Å². The molecule has 0 aromatic heterocycles. The summed E-state index contributed by atoms with van der Waals surface area (Å²) in [6, 6.07) is 6.34. The number of morpholine rings is 1. The van der Waals surface area contributed by atoms with Crippen LogP contribution >= 0.6 is 27.5 Å². The van der Waals surface area contributed by atoms with Gasteiger partial charge in [-0.3, -0.25) is 9.52 Å². The van der Waals surface area contributed by atoms with Crippen molar-refractivity contribution in [2.45, 2.75) is 4.90 Å². The van der Waals surface area contributed by atoms with E-state index in [1.165, 1.54) is 35.2 Å². The standard InChI is InChI=1S/C17H16BrClN2O6S/c18-10-1-2-14(22)15(7-10)28(25,26)20-13-9-11(19)8-12(16(13)23)17(24)21-3-5-27-6-4-21/h1-2,7-9,20,22-23H,3-6H2. The van der Waals surface area contributed by atoms with Crippen LogP contribution in [-0.4, -0.2) is 55.7 Å². The van der Waals surface area contributed by atoms with Crippen LogP contribution in [0, 0.1) is 0 Å². The number of sulfonamides is 1. The van der Waals surface area contributed by atoms with Crippen molar-refractivity contribution in [2.75, 3.05) is 31.0 Å². The molecule has 0 saturated carbocycles. The second kappa shape index (κ2) is 8.16. The average molecular weight is 492 g/mol. The topological polar surface area (TPSA) is 116 Å². The first-order valence-electron chi connectivity index (χ1n) is 8.10. The summed E-state index contributed by atoms with van der Waals surface area (Å²) in [4.78, 5) is 13.8. The van der Waals surface area contributed by atoms with Crippen LogP contribution in [0.2, 0.25) is 5.02 Å². The van der Waals surface area contributed by atoms with Gasteiger partial charge >= 0.3 is 0 Å². The minimum atomic E-state index is -4.27. The number of halogens is 2. The lowest BCUT2D eigenvalue weighted by Gasteiger charge is -2.27. The van der Waals surface area contributed by atoms with Gasteiger partial charge in [0.15, 0.2) is 5.75 Å². The fourth-order valence-electron chi connectivity index (χ4n) is 2.68. The van der Waals surface area contributed by atoms with Crippen LogP contribution in [0.3, 0.4) is 0 Å². The van der Waals surface area contributed by atoms with Crippen molar-refractivity contribution < 1.29 is 28.2 Å². The summed E-state index contributed by atoms with van der Waals surface area (Å²) >= 11 is 9.18. The molecule has 1 saturated heterocycles. The Labute approximate surface area is 174 Å². The highest BCUT2D eigenvalue weighted by Crippen LogP contribution is 2.35. The molecule has 1 amide bonds. The van der Waals surface area contributed by atoms with Gasteiger partial charge in [-0.2, -0.15) is 0 Å². The van der Waals surface area contributed by atoms with Crippen LogP contribution in [0.1, 0.15) is 10.4 Å². The highest BCUT2D eigenvalue weighted by molar-refractivity contribution is 9.10. The predicted octanol–water partition coefficient (Wildman–Crippen LogP) is 2.79. The minimum absolute atomic E-state index is 0.0607. The maximum absolute atomic E-state index is 12.7. The fourth-order valence-corrected chi connectivity index (χ4v) is 4.59. The van der Waals surface area contributed by atoms with E-state index < -0.39 is 32.3 Å². The van der Waals surface area contributed by atoms with Crippen LogP contribution < -0.4 is 4.72 Å². The number of nitrogens with zero attached hydrogens (tertiary/aromatic N) is 1. The van der Waals surface area contributed by atoms with Gasteiger partial charge in [0.1, 0.15) is 10.6 Å². The molecule has 28 heavy (non-hydrogen) atoms. The number of phenolic OH excluding ortho intramolecular Hbond substituents is 2. The summed E-state index contributed by atoms with van der Waals surface area (Å²) in [6.45, 7) is 1.43. The molecule has 8 nitrogen and oxygen atoms in total. The molecule has 0 aliphatic carbocycles. The van der Waals surface area contributed by atoms with E-state index in [0.717, 1.165) is 0 Å². The number of hydrogen-bond acceptors (Lipinski definition) is 6. The van der Waals surface area contributed by atoms with Crippen molar-refractivity contribution in [2.24, 2.45) is 0 Å². The smallest absolute Gasteiger partial charge is 0.265 e. The zero-order chi connectivity index (χ0) is 20.5. The Morgan fingerprint density at radius 1 is 1.18 bits per heavy atom. The van der Waals surface area contributed by atoms with E-state index in [0.29, 0.717) is 30.8 Å². The van der Waals surface area contributed by atoms with Gasteiger partial charge in [0, 0.05) is 22.6 Å². The number of benzene rings is 2. The molecule has 0 unspecified atom stereocenters. The number of phenols is 2. The number of amides is 1. The first-order chi connectivity index (χ1) is 13.2. The molecule has 150 valence electrons. The summed E-state index contributed by atoms with van der Waals surface area (Å²) in [5, 5.41) is 20.5. The van der Waals surface area contributed by atoms with Crippen LogP contribution in [0.15, 0.2) is 39.7 Å². The van der Waals surface area contributed by atoms with Gasteiger partial charge in [0.2, 0.25) is 0 Å². The quantitative estimate of drug-likeness (QED) is 0.566. The monoisotopic (exact) mass is 490 g/mol. The second-order valence-electron chi connectivity index (χ2n) is 5.97. The molecule has 2 aromatic rings. The molecule has 0 radical (unpaired) electrons. The number of carbonyl (C=O) groups excluding carboxylic acids is 1.